The molecule has 106 valence electrons. The lowest BCUT2D eigenvalue weighted by Gasteiger charge is -2.13. The van der Waals surface area contributed by atoms with Gasteiger partial charge in [-0.3, -0.25) is 0 Å². The molecule has 0 aliphatic rings. The first-order valence-electron chi connectivity index (χ1n) is 7.28. The van der Waals surface area contributed by atoms with E-state index in [4.69, 9.17) is 0 Å². The van der Waals surface area contributed by atoms with Crippen LogP contribution >= 0.6 is 0 Å². The second kappa shape index (κ2) is 6.90. The van der Waals surface area contributed by atoms with Crippen molar-refractivity contribution in [2.24, 2.45) is 0 Å². The molecule has 0 aliphatic carbocycles. The third-order valence-electron chi connectivity index (χ3n) is 3.60. The summed E-state index contributed by atoms with van der Waals surface area (Å²) in [7, 11) is 0. The van der Waals surface area contributed by atoms with Crippen molar-refractivity contribution in [3.63, 3.8) is 0 Å². The van der Waals surface area contributed by atoms with Crippen LogP contribution in [0.15, 0.2) is 73.3 Å². The largest absolute Gasteiger partial charge is 0.0911 e. The molecule has 2 aromatic carbocycles. The minimum atomic E-state index is 1.05. The van der Waals surface area contributed by atoms with Crippen LogP contribution in [0.5, 0.6) is 0 Å². The first-order valence-corrected chi connectivity index (χ1v) is 7.28. The van der Waals surface area contributed by atoms with Crippen molar-refractivity contribution >= 4 is 5.57 Å². The van der Waals surface area contributed by atoms with Gasteiger partial charge in [-0.05, 0) is 54.2 Å². The van der Waals surface area contributed by atoms with Crippen LogP contribution in [0.3, 0.4) is 0 Å². The van der Waals surface area contributed by atoms with E-state index in [-0.39, 0.29) is 0 Å². The minimum absolute atomic E-state index is 1.05. The van der Waals surface area contributed by atoms with E-state index in [2.05, 4.69) is 62.9 Å². The van der Waals surface area contributed by atoms with E-state index >= 15 is 0 Å². The van der Waals surface area contributed by atoms with E-state index in [0.717, 1.165) is 5.57 Å². The zero-order valence-electron chi connectivity index (χ0n) is 13.1. The van der Waals surface area contributed by atoms with Crippen molar-refractivity contribution < 1.29 is 0 Å². The molecular weight excluding hydrogens is 252 g/mol. The van der Waals surface area contributed by atoms with Crippen molar-refractivity contribution in [1.82, 2.24) is 0 Å². The molecule has 0 bridgehead atoms. The third-order valence-corrected chi connectivity index (χ3v) is 3.60. The van der Waals surface area contributed by atoms with Crippen LogP contribution in [0.1, 0.15) is 23.6 Å². The van der Waals surface area contributed by atoms with Crippen LogP contribution in [-0.4, -0.2) is 0 Å². The van der Waals surface area contributed by atoms with Crippen LogP contribution in [0, 0.1) is 13.8 Å². The van der Waals surface area contributed by atoms with Crippen molar-refractivity contribution in [3.05, 3.63) is 90.0 Å². The Bertz CT molecular complexity index is 685. The normalized spacial score (nSPS) is 11.4. The molecule has 0 heteroatoms. The lowest BCUT2D eigenvalue weighted by atomic mass is 9.92. The van der Waals surface area contributed by atoms with Gasteiger partial charge in [0.05, 0.1) is 0 Å². The van der Waals surface area contributed by atoms with Gasteiger partial charge < -0.3 is 0 Å². The first kappa shape index (κ1) is 15.1. The Morgan fingerprint density at radius 1 is 0.952 bits per heavy atom. The summed E-state index contributed by atoms with van der Waals surface area (Å²) in [6, 6.07) is 15.0. The van der Waals surface area contributed by atoms with E-state index in [9.17, 15) is 0 Å². The fourth-order valence-electron chi connectivity index (χ4n) is 2.46. The van der Waals surface area contributed by atoms with Gasteiger partial charge in [-0.25, -0.2) is 0 Å². The number of hydrogen-bond acceptors (Lipinski definition) is 0. The first-order chi connectivity index (χ1) is 10.1. The second-order valence-electron chi connectivity index (χ2n) is 5.26. The lowest BCUT2D eigenvalue weighted by molar-refractivity contribution is 1.36. The van der Waals surface area contributed by atoms with Crippen molar-refractivity contribution in [2.75, 3.05) is 0 Å². The van der Waals surface area contributed by atoms with Gasteiger partial charge in [0, 0.05) is 0 Å². The van der Waals surface area contributed by atoms with Crippen LogP contribution in [0.2, 0.25) is 0 Å². The lowest BCUT2D eigenvalue weighted by Crippen LogP contribution is -1.91. The van der Waals surface area contributed by atoms with Crippen LogP contribution < -0.4 is 0 Å². The van der Waals surface area contributed by atoms with E-state index in [0.29, 0.717) is 0 Å². The molecule has 0 amide bonds. The molecule has 0 saturated heterocycles. The zero-order valence-corrected chi connectivity index (χ0v) is 13.1. The molecule has 0 atom stereocenters. The monoisotopic (exact) mass is 274 g/mol. The fraction of sp³-hybridized carbons (Fsp3) is 0.143. The molecule has 0 saturated carbocycles. The summed E-state index contributed by atoms with van der Waals surface area (Å²) in [5, 5.41) is 0. The van der Waals surface area contributed by atoms with Crippen LogP contribution in [-0.2, 0) is 0 Å². The molecule has 0 nitrogen and oxygen atoms in total. The van der Waals surface area contributed by atoms with E-state index < -0.39 is 0 Å². The smallest absolute Gasteiger partial charge is 0.0152 e. The molecule has 0 unspecified atom stereocenters. The van der Waals surface area contributed by atoms with Crippen LogP contribution in [0.25, 0.3) is 16.7 Å². The molecule has 2 aromatic rings. The van der Waals surface area contributed by atoms with Gasteiger partial charge in [-0.1, -0.05) is 73.3 Å². The molecule has 2 rings (SSSR count). The molecule has 0 N–H and O–H groups in total. The fourth-order valence-corrected chi connectivity index (χ4v) is 2.46. The van der Waals surface area contributed by atoms with E-state index in [1.54, 1.807) is 0 Å². The third kappa shape index (κ3) is 3.61. The predicted octanol–water partition coefficient (Wildman–Crippen LogP) is 6.12. The Labute approximate surface area is 128 Å². The summed E-state index contributed by atoms with van der Waals surface area (Å²) in [5.74, 6) is 0. The maximum absolute atomic E-state index is 4.18. The SMILES string of the molecule is C=C(/C=C\C=C/C)c1cc(C)c(-c2ccccc2)cc1C. The average molecular weight is 274 g/mol. The topological polar surface area (TPSA) is 0 Å². The summed E-state index contributed by atoms with van der Waals surface area (Å²) in [6.45, 7) is 10.5. The molecule has 0 spiro atoms. The quantitative estimate of drug-likeness (QED) is 0.589. The zero-order chi connectivity index (χ0) is 15.2. The maximum atomic E-state index is 4.18. The molecule has 0 radical (unpaired) electrons. The number of rotatable bonds is 4. The number of aryl methyl sites for hydroxylation is 2. The highest BCUT2D eigenvalue weighted by Crippen LogP contribution is 2.29. The second-order valence-corrected chi connectivity index (χ2v) is 5.26. The van der Waals surface area contributed by atoms with Crippen molar-refractivity contribution in [2.45, 2.75) is 20.8 Å². The Hall–Kier alpha value is -2.34. The molecule has 0 heterocycles. The number of benzene rings is 2. The predicted molar refractivity (Wildman–Crippen MR) is 94.3 cm³/mol. The minimum Gasteiger partial charge on any atom is -0.0911 e. The highest BCUT2D eigenvalue weighted by atomic mass is 14.1. The van der Waals surface area contributed by atoms with Gasteiger partial charge in [0.15, 0.2) is 0 Å². The van der Waals surface area contributed by atoms with E-state index in [1.165, 1.54) is 27.8 Å². The summed E-state index contributed by atoms with van der Waals surface area (Å²) in [5.41, 5.74) is 7.36. The standard InChI is InChI=1S/C21H22/c1-5-6-8-11-16(2)20-14-18(4)21(15-17(20)3)19-12-9-7-10-13-19/h5-15H,2H2,1,3-4H3/b6-5-,11-8-. The summed E-state index contributed by atoms with van der Waals surface area (Å²) in [6.07, 6.45) is 8.12. The van der Waals surface area contributed by atoms with Crippen molar-refractivity contribution in [3.8, 4) is 11.1 Å². The highest BCUT2D eigenvalue weighted by molar-refractivity contribution is 5.78. The molecular formula is C21H22. The Balaban J connectivity index is 2.40. The number of allylic oxidation sites excluding steroid dienone is 5. The van der Waals surface area contributed by atoms with Gasteiger partial charge >= 0.3 is 0 Å². The summed E-state index contributed by atoms with van der Waals surface area (Å²) < 4.78 is 0. The number of hydrogen-bond donors (Lipinski definition) is 0. The Kier molecular flexibility index (Phi) is 4.94. The highest BCUT2D eigenvalue weighted by Gasteiger charge is 2.07. The van der Waals surface area contributed by atoms with Gasteiger partial charge in [0.25, 0.3) is 0 Å². The van der Waals surface area contributed by atoms with Crippen molar-refractivity contribution in [1.29, 1.82) is 0 Å². The van der Waals surface area contributed by atoms with Crippen LogP contribution in [0.4, 0.5) is 0 Å². The molecule has 0 fully saturated rings. The Morgan fingerprint density at radius 2 is 1.67 bits per heavy atom. The van der Waals surface area contributed by atoms with E-state index in [1.807, 2.05) is 31.2 Å². The Morgan fingerprint density at radius 3 is 2.33 bits per heavy atom. The maximum Gasteiger partial charge on any atom is -0.0152 e. The molecule has 21 heavy (non-hydrogen) atoms. The summed E-state index contributed by atoms with van der Waals surface area (Å²) >= 11 is 0. The van der Waals surface area contributed by atoms with Gasteiger partial charge in [-0.2, -0.15) is 0 Å². The van der Waals surface area contributed by atoms with Gasteiger partial charge in [0.1, 0.15) is 0 Å². The summed E-state index contributed by atoms with van der Waals surface area (Å²) in [4.78, 5) is 0. The van der Waals surface area contributed by atoms with Gasteiger partial charge in [0.2, 0.25) is 0 Å². The molecule has 0 aromatic heterocycles. The average Bonchev–Trinajstić information content (AvgIpc) is 2.50. The van der Waals surface area contributed by atoms with Gasteiger partial charge in [-0.15, -0.1) is 0 Å². The molecule has 0 aliphatic heterocycles.